The first-order valence-corrected chi connectivity index (χ1v) is 10.5. The van der Waals surface area contributed by atoms with Crippen LogP contribution in [0, 0.1) is 10.1 Å². The van der Waals surface area contributed by atoms with Crippen molar-refractivity contribution in [2.45, 2.75) is 27.2 Å². The second-order valence-electron chi connectivity index (χ2n) is 6.53. The van der Waals surface area contributed by atoms with Crippen LogP contribution >= 0.6 is 11.3 Å². The van der Waals surface area contributed by atoms with Gasteiger partial charge in [-0.1, -0.05) is 38.2 Å². The molecule has 0 aliphatic heterocycles. The Morgan fingerprint density at radius 1 is 1.17 bits per heavy atom. The first-order chi connectivity index (χ1) is 14.0. The molecule has 0 saturated carbocycles. The van der Waals surface area contributed by atoms with Crippen LogP contribution in [0.3, 0.4) is 0 Å². The summed E-state index contributed by atoms with van der Waals surface area (Å²) in [6.45, 7) is 9.03. The molecule has 0 aliphatic rings. The molecule has 29 heavy (non-hydrogen) atoms. The third kappa shape index (κ3) is 4.63. The Labute approximate surface area is 172 Å². The summed E-state index contributed by atoms with van der Waals surface area (Å²) in [4.78, 5) is 31.8. The van der Waals surface area contributed by atoms with Gasteiger partial charge in [-0.25, -0.2) is 4.98 Å². The van der Waals surface area contributed by atoms with Crippen molar-refractivity contribution in [2.24, 2.45) is 0 Å². The minimum absolute atomic E-state index is 0.0650. The minimum Gasteiger partial charge on any atom is -0.395 e. The molecule has 2 aromatic heterocycles. The Hall–Kier alpha value is -2.78. The zero-order valence-electron chi connectivity index (χ0n) is 16.8. The monoisotopic (exact) mass is 416 g/mol. The van der Waals surface area contributed by atoms with Gasteiger partial charge in [-0.05, 0) is 43.3 Å². The molecule has 0 fully saturated rings. The number of aryl methyl sites for hydroxylation is 1. The molecule has 1 amide bonds. The van der Waals surface area contributed by atoms with Gasteiger partial charge in [0.15, 0.2) is 10.9 Å². The number of benzene rings is 1. The second-order valence-corrected chi connectivity index (χ2v) is 7.54. The molecule has 0 saturated heterocycles. The van der Waals surface area contributed by atoms with E-state index in [-0.39, 0.29) is 5.76 Å². The van der Waals surface area contributed by atoms with Crippen LogP contribution < -0.4 is 4.90 Å². The van der Waals surface area contributed by atoms with Crippen molar-refractivity contribution < 1.29 is 14.1 Å². The molecular weight excluding hydrogens is 392 g/mol. The molecule has 0 atom stereocenters. The van der Waals surface area contributed by atoms with Crippen molar-refractivity contribution in [1.82, 2.24) is 9.88 Å². The standard InChI is InChI=1S/C20H24N4O4S/c1-4-14-7-8-15-17(13-14)29-20(21-15)23(12-11-22(5-2)6-3)19(25)16-9-10-18(28-16)24(26)27/h7-10,13H,4-6,11-12H2,1-3H3. The summed E-state index contributed by atoms with van der Waals surface area (Å²) in [7, 11) is 0. The number of thiazole rings is 1. The van der Waals surface area contributed by atoms with Gasteiger partial charge >= 0.3 is 5.88 Å². The fraction of sp³-hybridized carbons (Fsp3) is 0.400. The maximum atomic E-state index is 13.1. The van der Waals surface area contributed by atoms with Gasteiger partial charge in [0.05, 0.1) is 16.3 Å². The van der Waals surface area contributed by atoms with E-state index in [9.17, 15) is 14.9 Å². The number of amides is 1. The van der Waals surface area contributed by atoms with Crippen molar-refractivity contribution in [3.8, 4) is 0 Å². The average Bonchev–Trinajstić information content (AvgIpc) is 3.37. The number of nitro groups is 1. The Bertz CT molecular complexity index is 1010. The molecule has 3 aromatic rings. The topological polar surface area (TPSA) is 92.7 Å². The number of anilines is 1. The molecule has 0 bridgehead atoms. The summed E-state index contributed by atoms with van der Waals surface area (Å²) in [6, 6.07) is 8.61. The van der Waals surface area contributed by atoms with Crippen molar-refractivity contribution in [3.63, 3.8) is 0 Å². The summed E-state index contributed by atoms with van der Waals surface area (Å²) in [5.41, 5.74) is 2.03. The quantitative estimate of drug-likeness (QED) is 0.380. The van der Waals surface area contributed by atoms with E-state index in [0.717, 1.165) is 29.7 Å². The van der Waals surface area contributed by atoms with E-state index in [2.05, 4.69) is 36.7 Å². The van der Waals surface area contributed by atoms with Gasteiger partial charge in [0, 0.05) is 13.1 Å². The Morgan fingerprint density at radius 2 is 1.93 bits per heavy atom. The van der Waals surface area contributed by atoms with E-state index < -0.39 is 16.7 Å². The molecule has 154 valence electrons. The van der Waals surface area contributed by atoms with Gasteiger partial charge in [0.1, 0.15) is 4.92 Å². The maximum Gasteiger partial charge on any atom is 0.433 e. The van der Waals surface area contributed by atoms with Gasteiger partial charge in [-0.15, -0.1) is 0 Å². The predicted molar refractivity (Wildman–Crippen MR) is 114 cm³/mol. The van der Waals surface area contributed by atoms with Gasteiger partial charge in [-0.3, -0.25) is 19.8 Å². The zero-order valence-corrected chi connectivity index (χ0v) is 17.6. The Balaban J connectivity index is 1.95. The average molecular weight is 417 g/mol. The van der Waals surface area contributed by atoms with E-state index in [0.29, 0.717) is 18.2 Å². The number of likely N-dealkylation sites (N-methyl/N-ethyl adjacent to an activating group) is 1. The lowest BCUT2D eigenvalue weighted by Gasteiger charge is -2.23. The van der Waals surface area contributed by atoms with Crippen molar-refractivity contribution >= 4 is 38.5 Å². The third-order valence-corrected chi connectivity index (χ3v) is 5.88. The van der Waals surface area contributed by atoms with Crippen LogP contribution in [0.15, 0.2) is 34.7 Å². The van der Waals surface area contributed by atoms with E-state index in [1.807, 2.05) is 12.1 Å². The summed E-state index contributed by atoms with van der Waals surface area (Å²) in [5.74, 6) is -0.946. The lowest BCUT2D eigenvalue weighted by Crippen LogP contribution is -2.38. The second kappa shape index (κ2) is 9.15. The summed E-state index contributed by atoms with van der Waals surface area (Å²) in [5, 5.41) is 11.5. The Morgan fingerprint density at radius 3 is 2.55 bits per heavy atom. The zero-order chi connectivity index (χ0) is 21.0. The number of furan rings is 1. The van der Waals surface area contributed by atoms with Crippen LogP contribution in [0.2, 0.25) is 0 Å². The first kappa shape index (κ1) is 20.9. The molecule has 8 nitrogen and oxygen atoms in total. The van der Waals surface area contributed by atoms with Gasteiger partial charge < -0.3 is 9.32 Å². The highest BCUT2D eigenvalue weighted by atomic mass is 32.1. The molecule has 0 unspecified atom stereocenters. The third-order valence-electron chi connectivity index (χ3n) is 4.84. The molecule has 0 radical (unpaired) electrons. The fourth-order valence-corrected chi connectivity index (χ4v) is 4.08. The van der Waals surface area contributed by atoms with E-state index in [4.69, 9.17) is 4.42 Å². The van der Waals surface area contributed by atoms with Crippen LogP contribution in [-0.2, 0) is 6.42 Å². The highest BCUT2D eigenvalue weighted by molar-refractivity contribution is 7.22. The lowest BCUT2D eigenvalue weighted by atomic mass is 10.2. The largest absolute Gasteiger partial charge is 0.433 e. The molecule has 0 aliphatic carbocycles. The number of carbonyl (C=O) groups is 1. The molecule has 2 heterocycles. The van der Waals surface area contributed by atoms with Crippen LogP contribution in [0.4, 0.5) is 11.0 Å². The summed E-state index contributed by atoms with van der Waals surface area (Å²) in [6.07, 6.45) is 0.920. The number of nitrogens with zero attached hydrogens (tertiary/aromatic N) is 4. The normalized spacial score (nSPS) is 11.3. The molecule has 1 aromatic carbocycles. The highest BCUT2D eigenvalue weighted by Gasteiger charge is 2.26. The van der Waals surface area contributed by atoms with Crippen molar-refractivity contribution in [2.75, 3.05) is 31.1 Å². The molecular formula is C20H24N4O4S. The SMILES string of the molecule is CCc1ccc2nc(N(CCN(CC)CC)C(=O)c3ccc([N+](=O)[O-])o3)sc2c1. The lowest BCUT2D eigenvalue weighted by molar-refractivity contribution is -0.402. The number of hydrogen-bond donors (Lipinski definition) is 0. The van der Waals surface area contributed by atoms with Crippen LogP contribution in [-0.4, -0.2) is 46.9 Å². The molecule has 0 spiro atoms. The predicted octanol–water partition coefficient (Wildman–Crippen LogP) is 4.35. The molecule has 0 N–H and O–H groups in total. The first-order valence-electron chi connectivity index (χ1n) is 9.64. The minimum atomic E-state index is -0.652. The summed E-state index contributed by atoms with van der Waals surface area (Å²) < 4.78 is 6.16. The number of aromatic nitrogens is 1. The van der Waals surface area contributed by atoms with Crippen LogP contribution in [0.5, 0.6) is 0 Å². The van der Waals surface area contributed by atoms with Gasteiger partial charge in [-0.2, -0.15) is 0 Å². The van der Waals surface area contributed by atoms with Gasteiger partial charge in [0.2, 0.25) is 0 Å². The van der Waals surface area contributed by atoms with E-state index >= 15 is 0 Å². The highest BCUT2D eigenvalue weighted by Crippen LogP contribution is 2.31. The number of hydrogen-bond acceptors (Lipinski definition) is 7. The smallest absolute Gasteiger partial charge is 0.395 e. The Kier molecular flexibility index (Phi) is 6.60. The molecule has 3 rings (SSSR count). The maximum absolute atomic E-state index is 13.1. The van der Waals surface area contributed by atoms with Gasteiger partial charge in [0.25, 0.3) is 5.91 Å². The van der Waals surface area contributed by atoms with Crippen molar-refractivity contribution in [3.05, 3.63) is 51.8 Å². The van der Waals surface area contributed by atoms with Crippen LogP contribution in [0.25, 0.3) is 10.2 Å². The fourth-order valence-electron chi connectivity index (χ4n) is 3.03. The number of rotatable bonds is 9. The number of carbonyl (C=O) groups excluding carboxylic acids is 1. The molecule has 9 heteroatoms. The van der Waals surface area contributed by atoms with E-state index in [1.54, 1.807) is 4.90 Å². The summed E-state index contributed by atoms with van der Waals surface area (Å²) >= 11 is 1.44. The van der Waals surface area contributed by atoms with E-state index in [1.165, 1.54) is 29.0 Å². The number of fused-ring (bicyclic) bond motifs is 1. The van der Waals surface area contributed by atoms with Crippen molar-refractivity contribution in [1.29, 1.82) is 0 Å². The van der Waals surface area contributed by atoms with Crippen LogP contribution in [0.1, 0.15) is 36.9 Å².